The molecule has 1 N–H and O–H groups in total. The van der Waals surface area contributed by atoms with Gasteiger partial charge in [-0.05, 0) is 23.8 Å². The highest BCUT2D eigenvalue weighted by Crippen LogP contribution is 2.28. The van der Waals surface area contributed by atoms with E-state index in [2.05, 4.69) is 0 Å². The molecule has 0 unspecified atom stereocenters. The smallest absolute Gasteiger partial charge is 0.328 e. The van der Waals surface area contributed by atoms with Crippen molar-refractivity contribution in [1.29, 1.82) is 0 Å². The minimum atomic E-state index is -1.03. The predicted octanol–water partition coefficient (Wildman–Crippen LogP) is 1.72. The third kappa shape index (κ3) is 3.98. The van der Waals surface area contributed by atoms with Crippen LogP contribution >= 0.6 is 0 Å². The van der Waals surface area contributed by atoms with E-state index in [1.807, 2.05) is 0 Å². The summed E-state index contributed by atoms with van der Waals surface area (Å²) in [6, 6.07) is 4.75. The van der Waals surface area contributed by atoms with Gasteiger partial charge in [-0.2, -0.15) is 0 Å². The van der Waals surface area contributed by atoms with Gasteiger partial charge in [-0.1, -0.05) is 6.07 Å². The van der Waals surface area contributed by atoms with E-state index in [0.717, 1.165) is 6.08 Å². The molecular weight excluding hydrogens is 224 g/mol. The van der Waals surface area contributed by atoms with Crippen LogP contribution in [-0.4, -0.2) is 24.2 Å². The zero-order valence-corrected chi connectivity index (χ0v) is 9.47. The largest absolute Gasteiger partial charge is 0.493 e. The normalized spacial score (nSPS) is 10.2. The molecule has 0 bridgehead atoms. The number of methoxy groups -OCH3 is 1. The van der Waals surface area contributed by atoms with Gasteiger partial charge in [-0.15, -0.1) is 0 Å². The molecule has 5 heteroatoms. The SMILES string of the molecule is COc1cc(/C=C/C(=O)O)ccc1OC(C)=O. The fraction of sp³-hybridized carbons (Fsp3) is 0.167. The molecule has 0 aliphatic heterocycles. The molecule has 0 aromatic heterocycles. The second-order valence-corrected chi connectivity index (χ2v) is 3.18. The number of hydrogen-bond acceptors (Lipinski definition) is 4. The van der Waals surface area contributed by atoms with Gasteiger partial charge in [0.15, 0.2) is 11.5 Å². The van der Waals surface area contributed by atoms with E-state index >= 15 is 0 Å². The van der Waals surface area contributed by atoms with Gasteiger partial charge in [0.2, 0.25) is 0 Å². The van der Waals surface area contributed by atoms with Crippen LogP contribution in [0.15, 0.2) is 24.3 Å². The van der Waals surface area contributed by atoms with Crippen molar-refractivity contribution in [1.82, 2.24) is 0 Å². The third-order valence-electron chi connectivity index (χ3n) is 1.86. The van der Waals surface area contributed by atoms with E-state index in [4.69, 9.17) is 14.6 Å². The van der Waals surface area contributed by atoms with E-state index in [1.54, 1.807) is 18.2 Å². The summed E-state index contributed by atoms with van der Waals surface area (Å²) in [4.78, 5) is 21.2. The molecule has 1 rings (SSSR count). The summed E-state index contributed by atoms with van der Waals surface area (Å²) in [6.45, 7) is 1.29. The maximum absolute atomic E-state index is 10.8. The van der Waals surface area contributed by atoms with Gasteiger partial charge in [0.25, 0.3) is 0 Å². The number of benzene rings is 1. The highest BCUT2D eigenvalue weighted by Gasteiger charge is 2.06. The molecule has 90 valence electrons. The fourth-order valence-corrected chi connectivity index (χ4v) is 1.19. The summed E-state index contributed by atoms with van der Waals surface area (Å²) in [5, 5.41) is 8.49. The molecule has 0 heterocycles. The van der Waals surface area contributed by atoms with Crippen LogP contribution < -0.4 is 9.47 Å². The Bertz CT molecular complexity index is 462. The molecule has 0 amide bonds. The Morgan fingerprint density at radius 1 is 1.29 bits per heavy atom. The lowest BCUT2D eigenvalue weighted by atomic mass is 10.2. The molecule has 0 atom stereocenters. The summed E-state index contributed by atoms with van der Waals surface area (Å²) in [6.07, 6.45) is 2.43. The first kappa shape index (κ1) is 12.8. The number of rotatable bonds is 4. The Kier molecular flexibility index (Phi) is 4.28. The first-order valence-corrected chi connectivity index (χ1v) is 4.80. The zero-order chi connectivity index (χ0) is 12.8. The van der Waals surface area contributed by atoms with Gasteiger partial charge >= 0.3 is 11.9 Å². The molecule has 0 aliphatic carbocycles. The minimum Gasteiger partial charge on any atom is -0.493 e. The predicted molar refractivity (Wildman–Crippen MR) is 61.0 cm³/mol. The Morgan fingerprint density at radius 3 is 2.53 bits per heavy atom. The van der Waals surface area contributed by atoms with Crippen LogP contribution in [0, 0.1) is 0 Å². The van der Waals surface area contributed by atoms with Crippen LogP contribution in [0.2, 0.25) is 0 Å². The van der Waals surface area contributed by atoms with Crippen molar-refractivity contribution in [3.8, 4) is 11.5 Å². The zero-order valence-electron chi connectivity index (χ0n) is 9.47. The molecular formula is C12H12O5. The lowest BCUT2D eigenvalue weighted by Gasteiger charge is -2.08. The molecule has 0 saturated carbocycles. The van der Waals surface area contributed by atoms with Gasteiger partial charge in [0.05, 0.1) is 7.11 Å². The van der Waals surface area contributed by atoms with E-state index in [0.29, 0.717) is 17.1 Å². The third-order valence-corrected chi connectivity index (χ3v) is 1.86. The number of carbonyl (C=O) groups is 2. The fourth-order valence-electron chi connectivity index (χ4n) is 1.19. The van der Waals surface area contributed by atoms with Crippen molar-refractivity contribution >= 4 is 18.0 Å². The summed E-state index contributed by atoms with van der Waals surface area (Å²) in [5.74, 6) is -0.814. The Hall–Kier alpha value is -2.30. The number of carboxylic acids is 1. The minimum absolute atomic E-state index is 0.299. The monoisotopic (exact) mass is 236 g/mol. The van der Waals surface area contributed by atoms with Crippen LogP contribution in [-0.2, 0) is 9.59 Å². The lowest BCUT2D eigenvalue weighted by molar-refractivity contribution is -0.132. The molecule has 0 aliphatic rings. The maximum Gasteiger partial charge on any atom is 0.328 e. The van der Waals surface area contributed by atoms with Crippen molar-refractivity contribution in [2.75, 3.05) is 7.11 Å². The topological polar surface area (TPSA) is 72.8 Å². The number of carboxylic acid groups (broad SMARTS) is 1. The van der Waals surface area contributed by atoms with Crippen molar-refractivity contribution in [3.05, 3.63) is 29.8 Å². The molecule has 5 nitrogen and oxygen atoms in total. The van der Waals surface area contributed by atoms with E-state index < -0.39 is 11.9 Å². The Morgan fingerprint density at radius 2 is 2.00 bits per heavy atom. The molecule has 0 spiro atoms. The van der Waals surface area contributed by atoms with E-state index in [9.17, 15) is 9.59 Å². The van der Waals surface area contributed by atoms with Crippen LogP contribution in [0.3, 0.4) is 0 Å². The van der Waals surface area contributed by atoms with E-state index in [1.165, 1.54) is 20.1 Å². The van der Waals surface area contributed by atoms with Gasteiger partial charge in [0, 0.05) is 13.0 Å². The van der Waals surface area contributed by atoms with Gasteiger partial charge in [0.1, 0.15) is 0 Å². The summed E-state index contributed by atoms with van der Waals surface area (Å²) in [7, 11) is 1.44. The number of ether oxygens (including phenoxy) is 2. The number of esters is 1. The molecule has 0 saturated heterocycles. The van der Waals surface area contributed by atoms with Crippen LogP contribution in [0.5, 0.6) is 11.5 Å². The summed E-state index contributed by atoms with van der Waals surface area (Å²) in [5.41, 5.74) is 0.639. The number of carbonyl (C=O) groups excluding carboxylic acids is 1. The van der Waals surface area contributed by atoms with Crippen LogP contribution in [0.1, 0.15) is 12.5 Å². The summed E-state index contributed by atoms with van der Waals surface area (Å²) >= 11 is 0. The summed E-state index contributed by atoms with van der Waals surface area (Å²) < 4.78 is 9.95. The standard InChI is InChI=1S/C12H12O5/c1-8(13)17-10-5-3-9(4-6-12(14)15)7-11(10)16-2/h3-7H,1-2H3,(H,14,15)/b6-4+. The van der Waals surface area contributed by atoms with Crippen LogP contribution in [0.4, 0.5) is 0 Å². The van der Waals surface area contributed by atoms with Gasteiger partial charge < -0.3 is 14.6 Å². The second kappa shape index (κ2) is 5.69. The first-order valence-electron chi connectivity index (χ1n) is 4.80. The molecule has 0 fully saturated rings. The quantitative estimate of drug-likeness (QED) is 0.489. The van der Waals surface area contributed by atoms with Crippen molar-refractivity contribution in [2.24, 2.45) is 0 Å². The Balaban J connectivity index is 2.99. The van der Waals surface area contributed by atoms with Crippen molar-refractivity contribution in [2.45, 2.75) is 6.92 Å². The first-order chi connectivity index (χ1) is 8.02. The van der Waals surface area contributed by atoms with Gasteiger partial charge in [-0.25, -0.2) is 4.79 Å². The second-order valence-electron chi connectivity index (χ2n) is 3.18. The number of hydrogen-bond donors (Lipinski definition) is 1. The molecule has 17 heavy (non-hydrogen) atoms. The van der Waals surface area contributed by atoms with E-state index in [-0.39, 0.29) is 0 Å². The molecule has 1 aromatic rings. The molecule has 1 aromatic carbocycles. The van der Waals surface area contributed by atoms with Crippen molar-refractivity contribution in [3.63, 3.8) is 0 Å². The highest BCUT2D eigenvalue weighted by atomic mass is 16.6. The van der Waals surface area contributed by atoms with Crippen LogP contribution in [0.25, 0.3) is 6.08 Å². The average molecular weight is 236 g/mol. The van der Waals surface area contributed by atoms with Gasteiger partial charge in [-0.3, -0.25) is 4.79 Å². The molecule has 0 radical (unpaired) electrons. The highest BCUT2D eigenvalue weighted by molar-refractivity contribution is 5.85. The number of aliphatic carboxylic acids is 1. The lowest BCUT2D eigenvalue weighted by Crippen LogP contribution is -2.03. The maximum atomic E-state index is 10.8. The average Bonchev–Trinajstić information content (AvgIpc) is 2.26. The Labute approximate surface area is 98.3 Å². The van der Waals surface area contributed by atoms with Crippen molar-refractivity contribution < 1.29 is 24.2 Å².